The Morgan fingerprint density at radius 3 is 2.03 bits per heavy atom. The summed E-state index contributed by atoms with van der Waals surface area (Å²) in [6.45, 7) is 3.48. The quantitative estimate of drug-likeness (QED) is 0.592. The van der Waals surface area contributed by atoms with E-state index in [1.165, 1.54) is 33.5 Å². The minimum atomic E-state index is -5.35. The van der Waals surface area contributed by atoms with Crippen molar-refractivity contribution in [3.63, 3.8) is 0 Å². The van der Waals surface area contributed by atoms with E-state index in [4.69, 9.17) is 14.2 Å². The van der Waals surface area contributed by atoms with Gasteiger partial charge in [-0.1, -0.05) is 32.0 Å². The number of ether oxygens (including phenoxy) is 3. The van der Waals surface area contributed by atoms with E-state index in [0.29, 0.717) is 0 Å². The largest absolute Gasteiger partial charge is 0.493 e. The number of hydrogen-bond donors (Lipinski definition) is 1. The molecule has 1 unspecified atom stereocenters. The highest BCUT2D eigenvalue weighted by Crippen LogP contribution is 2.53. The van der Waals surface area contributed by atoms with Crippen molar-refractivity contribution < 1.29 is 41.8 Å². The van der Waals surface area contributed by atoms with Gasteiger partial charge < -0.3 is 19.5 Å². The van der Waals surface area contributed by atoms with Gasteiger partial charge in [0.15, 0.2) is 17.3 Å². The number of carbonyl (C=O) groups excluding carboxylic acids is 3. The fraction of sp³-hybridized carbons (Fsp3) is 0.370. The predicted octanol–water partition coefficient (Wildman–Crippen LogP) is 4.43. The third-order valence-corrected chi connectivity index (χ3v) is 6.69. The summed E-state index contributed by atoms with van der Waals surface area (Å²) in [6.07, 6.45) is -5.55. The second-order valence-corrected chi connectivity index (χ2v) is 9.85. The number of methoxy groups -OCH3 is 3. The standard InChI is InChI=1S/C27H27F3N2O6/c1-25(2)13-17-21(18(33)14-25)26(27(28,29)30,24(35)32(17)16-9-7-6-8-10-16)31-23(34)15-11-19(36-3)22(38-5)20(12-15)37-4/h6-12H,13-14H2,1-5H3,(H,31,34). The molecule has 2 aromatic carbocycles. The molecule has 0 saturated heterocycles. The summed E-state index contributed by atoms with van der Waals surface area (Å²) in [5.74, 6) is -3.42. The van der Waals surface area contributed by atoms with Crippen LogP contribution < -0.4 is 24.4 Å². The molecular formula is C27H27F3N2O6. The molecule has 0 bridgehead atoms. The number of alkyl halides is 3. The van der Waals surface area contributed by atoms with E-state index >= 15 is 13.2 Å². The van der Waals surface area contributed by atoms with Gasteiger partial charge in [0.2, 0.25) is 11.3 Å². The molecule has 0 radical (unpaired) electrons. The number of benzene rings is 2. The Hall–Kier alpha value is -4.02. The molecule has 0 spiro atoms. The number of ketones is 1. The summed E-state index contributed by atoms with van der Waals surface area (Å²) in [6, 6.07) is 10.1. The Kier molecular flexibility index (Phi) is 6.67. The summed E-state index contributed by atoms with van der Waals surface area (Å²) in [4.78, 5) is 41.5. The summed E-state index contributed by atoms with van der Waals surface area (Å²) < 4.78 is 60.8. The average molecular weight is 533 g/mol. The third-order valence-electron chi connectivity index (χ3n) is 6.69. The number of amides is 2. The van der Waals surface area contributed by atoms with Crippen molar-refractivity contribution in [1.82, 2.24) is 5.32 Å². The van der Waals surface area contributed by atoms with Crippen LogP contribution in [0.5, 0.6) is 17.2 Å². The van der Waals surface area contributed by atoms with Gasteiger partial charge in [-0.2, -0.15) is 13.2 Å². The minimum Gasteiger partial charge on any atom is -0.493 e. The average Bonchev–Trinajstić information content (AvgIpc) is 3.10. The van der Waals surface area contributed by atoms with Gasteiger partial charge in [0.1, 0.15) is 0 Å². The lowest BCUT2D eigenvalue weighted by atomic mass is 9.72. The molecule has 202 valence electrons. The normalized spacial score (nSPS) is 20.8. The first kappa shape index (κ1) is 27.0. The van der Waals surface area contributed by atoms with Crippen molar-refractivity contribution in [2.24, 2.45) is 5.41 Å². The van der Waals surface area contributed by atoms with Crippen LogP contribution in [-0.4, -0.2) is 50.6 Å². The van der Waals surface area contributed by atoms with E-state index in [2.05, 4.69) is 0 Å². The van der Waals surface area contributed by atoms with E-state index in [9.17, 15) is 14.4 Å². The Morgan fingerprint density at radius 1 is 0.947 bits per heavy atom. The lowest BCUT2D eigenvalue weighted by Crippen LogP contribution is -2.66. The molecule has 1 aliphatic carbocycles. The molecule has 11 heteroatoms. The van der Waals surface area contributed by atoms with Crippen LogP contribution in [0.15, 0.2) is 53.7 Å². The summed E-state index contributed by atoms with van der Waals surface area (Å²) in [5, 5.41) is 1.91. The van der Waals surface area contributed by atoms with Gasteiger partial charge in [-0.25, -0.2) is 0 Å². The molecule has 1 N–H and O–H groups in total. The van der Waals surface area contributed by atoms with Crippen molar-refractivity contribution in [2.75, 3.05) is 26.2 Å². The first-order valence-corrected chi connectivity index (χ1v) is 11.7. The molecule has 2 aromatic rings. The summed E-state index contributed by atoms with van der Waals surface area (Å²) in [7, 11) is 3.90. The number of para-hydroxylation sites is 1. The van der Waals surface area contributed by atoms with E-state index < -0.39 is 40.3 Å². The summed E-state index contributed by atoms with van der Waals surface area (Å²) in [5.41, 5.74) is -5.28. The minimum absolute atomic E-state index is 0.0204. The highest BCUT2D eigenvalue weighted by molar-refractivity contribution is 6.21. The number of halogens is 3. The molecule has 0 aromatic heterocycles. The van der Waals surface area contributed by atoms with E-state index in [1.807, 2.05) is 5.32 Å². The molecule has 2 aliphatic rings. The molecule has 1 atom stereocenters. The number of carbonyl (C=O) groups is 3. The maximum Gasteiger partial charge on any atom is 0.425 e. The van der Waals surface area contributed by atoms with Crippen LogP contribution in [0.1, 0.15) is 37.0 Å². The number of rotatable bonds is 6. The molecule has 4 rings (SSSR count). The van der Waals surface area contributed by atoms with Crippen LogP contribution in [0.3, 0.4) is 0 Å². The number of hydrogen-bond acceptors (Lipinski definition) is 6. The molecule has 1 heterocycles. The van der Waals surface area contributed by atoms with Gasteiger partial charge in [-0.3, -0.25) is 19.3 Å². The zero-order valence-electron chi connectivity index (χ0n) is 21.5. The van der Waals surface area contributed by atoms with Gasteiger partial charge in [-0.15, -0.1) is 0 Å². The van der Waals surface area contributed by atoms with E-state index in [0.717, 1.165) is 17.0 Å². The third kappa shape index (κ3) is 4.15. The Balaban J connectivity index is 1.92. The van der Waals surface area contributed by atoms with Crippen molar-refractivity contribution in [2.45, 2.75) is 38.4 Å². The number of Topliss-reactive ketones (excluding diaryl/α,β-unsaturated/α-hetero) is 1. The Morgan fingerprint density at radius 2 is 1.53 bits per heavy atom. The highest BCUT2D eigenvalue weighted by atomic mass is 19.4. The first-order chi connectivity index (χ1) is 17.8. The second kappa shape index (κ2) is 9.38. The van der Waals surface area contributed by atoms with Crippen LogP contribution in [0.25, 0.3) is 0 Å². The van der Waals surface area contributed by atoms with Crippen LogP contribution in [0, 0.1) is 5.41 Å². The number of nitrogens with one attached hydrogen (secondary N) is 1. The lowest BCUT2D eigenvalue weighted by molar-refractivity contribution is -0.186. The van der Waals surface area contributed by atoms with Gasteiger partial charge in [-0.05, 0) is 36.1 Å². The SMILES string of the molecule is COc1cc(C(=O)NC2(C(F)(F)F)C(=O)N(c3ccccc3)C3=C2C(=O)CC(C)(C)C3)cc(OC)c1OC. The molecule has 0 saturated carbocycles. The molecule has 1 aliphatic heterocycles. The van der Waals surface area contributed by atoms with Crippen LogP contribution in [0.4, 0.5) is 18.9 Å². The zero-order valence-corrected chi connectivity index (χ0v) is 21.5. The molecule has 0 fully saturated rings. The predicted molar refractivity (Wildman–Crippen MR) is 131 cm³/mol. The highest BCUT2D eigenvalue weighted by Gasteiger charge is 2.72. The first-order valence-electron chi connectivity index (χ1n) is 11.7. The fourth-order valence-corrected chi connectivity index (χ4v) is 5.06. The molecule has 38 heavy (non-hydrogen) atoms. The summed E-state index contributed by atoms with van der Waals surface area (Å²) >= 11 is 0. The topological polar surface area (TPSA) is 94.2 Å². The Bertz CT molecular complexity index is 1310. The lowest BCUT2D eigenvalue weighted by Gasteiger charge is -2.35. The smallest absolute Gasteiger partial charge is 0.425 e. The Labute approximate surface area is 217 Å². The van der Waals surface area contributed by atoms with Crippen molar-refractivity contribution >= 4 is 23.3 Å². The van der Waals surface area contributed by atoms with Gasteiger partial charge >= 0.3 is 6.18 Å². The number of allylic oxidation sites excluding steroid dienone is 1. The van der Waals surface area contributed by atoms with Gasteiger partial charge in [0.05, 0.1) is 26.9 Å². The maximum absolute atomic E-state index is 15.1. The monoisotopic (exact) mass is 532 g/mol. The van der Waals surface area contributed by atoms with Crippen LogP contribution >= 0.6 is 0 Å². The van der Waals surface area contributed by atoms with Crippen LogP contribution in [-0.2, 0) is 9.59 Å². The molecular weight excluding hydrogens is 505 g/mol. The molecule has 2 amide bonds. The number of anilines is 1. The fourth-order valence-electron chi connectivity index (χ4n) is 5.06. The van der Waals surface area contributed by atoms with E-state index in [-0.39, 0.29) is 47.0 Å². The van der Waals surface area contributed by atoms with E-state index in [1.54, 1.807) is 32.0 Å². The second-order valence-electron chi connectivity index (χ2n) is 9.85. The van der Waals surface area contributed by atoms with Crippen molar-refractivity contribution in [1.29, 1.82) is 0 Å². The van der Waals surface area contributed by atoms with Gasteiger partial charge in [0.25, 0.3) is 11.8 Å². The number of nitrogens with zero attached hydrogens (tertiary/aromatic N) is 1. The maximum atomic E-state index is 15.1. The molecule has 8 nitrogen and oxygen atoms in total. The van der Waals surface area contributed by atoms with Crippen molar-refractivity contribution in [3.05, 3.63) is 59.3 Å². The van der Waals surface area contributed by atoms with Gasteiger partial charge in [0, 0.05) is 23.4 Å². The van der Waals surface area contributed by atoms with Crippen molar-refractivity contribution in [3.8, 4) is 17.2 Å². The zero-order chi connectivity index (χ0) is 28.0. The van der Waals surface area contributed by atoms with Crippen LogP contribution in [0.2, 0.25) is 0 Å².